The summed E-state index contributed by atoms with van der Waals surface area (Å²) < 4.78 is 0. The standard InChI is InChI=1S/C16H26N2O/c1-13-6-8-14(9-7-13)15-5-3-2-4-11-17-12-10-16(19)18-15/h3,13-14,17H,2,4,6-12H2,1H3,(H,18,19). The molecule has 0 saturated heterocycles. The van der Waals surface area contributed by atoms with Crippen LogP contribution < -0.4 is 10.6 Å². The van der Waals surface area contributed by atoms with Crippen LogP contribution in [0.25, 0.3) is 0 Å². The monoisotopic (exact) mass is 262 g/mol. The molecular weight excluding hydrogens is 236 g/mol. The van der Waals surface area contributed by atoms with Crippen molar-refractivity contribution in [2.24, 2.45) is 11.8 Å². The highest BCUT2D eigenvalue weighted by Crippen LogP contribution is 2.31. The fraction of sp³-hybridized carbons (Fsp3) is 0.750. The van der Waals surface area contributed by atoms with Crippen molar-refractivity contribution in [3.63, 3.8) is 0 Å². The van der Waals surface area contributed by atoms with Gasteiger partial charge in [0.25, 0.3) is 0 Å². The van der Waals surface area contributed by atoms with Gasteiger partial charge in [0.2, 0.25) is 5.91 Å². The zero-order valence-electron chi connectivity index (χ0n) is 12.0. The van der Waals surface area contributed by atoms with Gasteiger partial charge in [-0.15, -0.1) is 5.73 Å². The molecule has 1 saturated carbocycles. The topological polar surface area (TPSA) is 41.1 Å². The molecule has 3 nitrogen and oxygen atoms in total. The Balaban J connectivity index is 2.03. The van der Waals surface area contributed by atoms with Crippen LogP contribution in [0.2, 0.25) is 0 Å². The van der Waals surface area contributed by atoms with Gasteiger partial charge in [-0.25, -0.2) is 0 Å². The van der Waals surface area contributed by atoms with Crippen LogP contribution >= 0.6 is 0 Å². The lowest BCUT2D eigenvalue weighted by molar-refractivity contribution is -0.120. The van der Waals surface area contributed by atoms with E-state index >= 15 is 0 Å². The first-order chi connectivity index (χ1) is 9.25. The van der Waals surface area contributed by atoms with Gasteiger partial charge in [0.1, 0.15) is 0 Å². The highest BCUT2D eigenvalue weighted by Gasteiger charge is 2.22. The third-order valence-electron chi connectivity index (χ3n) is 4.19. The molecule has 0 radical (unpaired) electrons. The van der Waals surface area contributed by atoms with E-state index in [9.17, 15) is 4.79 Å². The SMILES string of the molecule is CC1CCC(C2=C=CCCCNCCC(=O)N2)CC1. The number of hydrogen-bond acceptors (Lipinski definition) is 2. The molecule has 2 rings (SSSR count). The maximum Gasteiger partial charge on any atom is 0.225 e. The van der Waals surface area contributed by atoms with E-state index in [-0.39, 0.29) is 5.91 Å². The summed E-state index contributed by atoms with van der Waals surface area (Å²) in [5.74, 6) is 1.47. The molecule has 2 aliphatic rings. The summed E-state index contributed by atoms with van der Waals surface area (Å²) in [6, 6.07) is 0. The molecule has 0 unspecified atom stereocenters. The van der Waals surface area contributed by atoms with Gasteiger partial charge in [-0.3, -0.25) is 4.79 Å². The second-order valence-corrected chi connectivity index (χ2v) is 5.91. The van der Waals surface area contributed by atoms with Gasteiger partial charge in [-0.05, 0) is 44.2 Å². The number of carbonyl (C=O) groups excluding carboxylic acids is 1. The minimum Gasteiger partial charge on any atom is -0.323 e. The first-order valence-corrected chi connectivity index (χ1v) is 7.71. The summed E-state index contributed by atoms with van der Waals surface area (Å²) in [5.41, 5.74) is 4.40. The lowest BCUT2D eigenvalue weighted by Crippen LogP contribution is -2.31. The van der Waals surface area contributed by atoms with E-state index in [4.69, 9.17) is 0 Å². The molecule has 0 aromatic carbocycles. The molecule has 2 N–H and O–H groups in total. The summed E-state index contributed by atoms with van der Waals surface area (Å²) in [5, 5.41) is 6.39. The molecular formula is C16H26N2O. The highest BCUT2D eigenvalue weighted by atomic mass is 16.1. The summed E-state index contributed by atoms with van der Waals surface area (Å²) in [4.78, 5) is 11.9. The number of allylic oxidation sites excluding steroid dienone is 1. The van der Waals surface area contributed by atoms with Gasteiger partial charge in [-0.2, -0.15) is 0 Å². The molecule has 1 amide bonds. The Bertz CT molecular complexity index is 361. The quantitative estimate of drug-likeness (QED) is 0.713. The largest absolute Gasteiger partial charge is 0.323 e. The average molecular weight is 262 g/mol. The first-order valence-electron chi connectivity index (χ1n) is 7.71. The summed E-state index contributed by atoms with van der Waals surface area (Å²) in [6.45, 7) is 4.09. The van der Waals surface area contributed by atoms with Gasteiger partial charge in [0, 0.05) is 18.9 Å². The smallest absolute Gasteiger partial charge is 0.225 e. The molecule has 19 heavy (non-hydrogen) atoms. The van der Waals surface area contributed by atoms with E-state index in [1.807, 2.05) is 0 Å². The van der Waals surface area contributed by atoms with Crippen LogP contribution in [0, 0.1) is 11.8 Å². The van der Waals surface area contributed by atoms with Crippen LogP contribution in [0.3, 0.4) is 0 Å². The highest BCUT2D eigenvalue weighted by molar-refractivity contribution is 5.78. The molecule has 106 valence electrons. The molecule has 1 aliphatic heterocycles. The lowest BCUT2D eigenvalue weighted by Gasteiger charge is -2.27. The predicted octanol–water partition coefficient (Wildman–Crippen LogP) is 2.74. The first kappa shape index (κ1) is 14.4. The molecule has 3 heteroatoms. The molecule has 1 fully saturated rings. The Labute approximate surface area is 116 Å². The van der Waals surface area contributed by atoms with E-state index in [2.05, 4.69) is 29.4 Å². The maximum absolute atomic E-state index is 11.9. The predicted molar refractivity (Wildman–Crippen MR) is 77.6 cm³/mol. The van der Waals surface area contributed by atoms with Gasteiger partial charge in [-0.1, -0.05) is 19.8 Å². The summed E-state index contributed by atoms with van der Waals surface area (Å²) in [7, 11) is 0. The van der Waals surface area contributed by atoms with Gasteiger partial charge >= 0.3 is 0 Å². The number of hydrogen-bond donors (Lipinski definition) is 2. The van der Waals surface area contributed by atoms with Crippen LogP contribution in [0.4, 0.5) is 0 Å². The van der Waals surface area contributed by atoms with Crippen LogP contribution in [0.5, 0.6) is 0 Å². The van der Waals surface area contributed by atoms with Crippen molar-refractivity contribution in [2.45, 2.75) is 51.9 Å². The van der Waals surface area contributed by atoms with Crippen molar-refractivity contribution in [3.05, 3.63) is 17.5 Å². The second-order valence-electron chi connectivity index (χ2n) is 5.91. The third-order valence-corrected chi connectivity index (χ3v) is 4.19. The molecule has 1 heterocycles. The fourth-order valence-electron chi connectivity index (χ4n) is 2.86. The second kappa shape index (κ2) is 7.52. The lowest BCUT2D eigenvalue weighted by atomic mass is 9.81. The minimum absolute atomic E-state index is 0.129. The van der Waals surface area contributed by atoms with Crippen molar-refractivity contribution in [1.82, 2.24) is 10.6 Å². The molecule has 0 spiro atoms. The van der Waals surface area contributed by atoms with E-state index in [1.54, 1.807) is 0 Å². The average Bonchev–Trinajstić information content (AvgIpc) is 2.45. The molecule has 0 bridgehead atoms. The molecule has 0 aromatic heterocycles. The van der Waals surface area contributed by atoms with E-state index in [0.717, 1.165) is 37.5 Å². The number of amides is 1. The Morgan fingerprint density at radius 1 is 1.21 bits per heavy atom. The Morgan fingerprint density at radius 2 is 2.00 bits per heavy atom. The Hall–Kier alpha value is -1.05. The number of rotatable bonds is 1. The summed E-state index contributed by atoms with van der Waals surface area (Å²) in [6.07, 6.45) is 9.74. The van der Waals surface area contributed by atoms with Crippen molar-refractivity contribution >= 4 is 5.91 Å². The normalized spacial score (nSPS) is 30.2. The zero-order valence-corrected chi connectivity index (χ0v) is 12.0. The van der Waals surface area contributed by atoms with Gasteiger partial charge < -0.3 is 10.6 Å². The van der Waals surface area contributed by atoms with E-state index in [1.165, 1.54) is 25.7 Å². The zero-order chi connectivity index (χ0) is 13.5. The molecule has 1 aliphatic carbocycles. The van der Waals surface area contributed by atoms with Gasteiger partial charge in [0.15, 0.2) is 0 Å². The van der Waals surface area contributed by atoms with E-state index in [0.29, 0.717) is 12.3 Å². The van der Waals surface area contributed by atoms with Crippen LogP contribution in [0.1, 0.15) is 51.9 Å². The van der Waals surface area contributed by atoms with Crippen LogP contribution in [0.15, 0.2) is 17.5 Å². The summed E-state index contributed by atoms with van der Waals surface area (Å²) >= 11 is 0. The molecule has 0 aromatic rings. The van der Waals surface area contributed by atoms with Crippen molar-refractivity contribution in [3.8, 4) is 0 Å². The van der Waals surface area contributed by atoms with Gasteiger partial charge in [0.05, 0.1) is 5.70 Å². The van der Waals surface area contributed by atoms with E-state index < -0.39 is 0 Å². The van der Waals surface area contributed by atoms with Crippen molar-refractivity contribution in [1.29, 1.82) is 0 Å². The number of carbonyl (C=O) groups is 1. The number of nitrogens with one attached hydrogen (secondary N) is 2. The van der Waals surface area contributed by atoms with Crippen LogP contribution in [-0.4, -0.2) is 19.0 Å². The minimum atomic E-state index is 0.129. The maximum atomic E-state index is 11.9. The fourth-order valence-corrected chi connectivity index (χ4v) is 2.86. The Morgan fingerprint density at radius 3 is 2.79 bits per heavy atom. The van der Waals surface area contributed by atoms with Crippen molar-refractivity contribution < 1.29 is 4.79 Å². The molecule has 0 atom stereocenters. The van der Waals surface area contributed by atoms with Crippen LogP contribution in [-0.2, 0) is 4.79 Å². The van der Waals surface area contributed by atoms with Crippen molar-refractivity contribution in [2.75, 3.05) is 13.1 Å². The third kappa shape index (κ3) is 4.85. The Kier molecular flexibility index (Phi) is 5.68.